The zero-order valence-electron chi connectivity index (χ0n) is 11.1. The third-order valence-corrected chi connectivity index (χ3v) is 3.15. The molecular formula is C17H19NO. The van der Waals surface area contributed by atoms with Gasteiger partial charge in [-0.1, -0.05) is 49.4 Å². The number of allylic oxidation sites excluding steroid dienone is 1. The highest BCUT2D eigenvalue weighted by Crippen LogP contribution is 2.31. The van der Waals surface area contributed by atoms with Crippen molar-refractivity contribution in [1.82, 2.24) is 4.98 Å². The smallest absolute Gasteiger partial charge is 0.0894 e. The van der Waals surface area contributed by atoms with E-state index >= 15 is 0 Å². The zero-order valence-corrected chi connectivity index (χ0v) is 11.1. The van der Waals surface area contributed by atoms with Crippen molar-refractivity contribution in [2.24, 2.45) is 0 Å². The van der Waals surface area contributed by atoms with E-state index in [9.17, 15) is 5.11 Å². The zero-order chi connectivity index (χ0) is 13.5. The molecule has 0 amide bonds. The van der Waals surface area contributed by atoms with Crippen molar-refractivity contribution < 1.29 is 5.11 Å². The summed E-state index contributed by atoms with van der Waals surface area (Å²) in [6, 6.07) is 13.8. The summed E-state index contributed by atoms with van der Waals surface area (Å²) in [7, 11) is 0. The van der Waals surface area contributed by atoms with Crippen LogP contribution < -0.4 is 0 Å². The van der Waals surface area contributed by atoms with E-state index in [2.05, 4.69) is 36.2 Å². The number of benzene rings is 1. The molecule has 0 spiro atoms. The van der Waals surface area contributed by atoms with Gasteiger partial charge in [0, 0.05) is 18.3 Å². The first-order chi connectivity index (χ1) is 9.33. The number of hydrogen-bond acceptors (Lipinski definition) is 2. The van der Waals surface area contributed by atoms with Gasteiger partial charge in [-0.3, -0.25) is 4.98 Å². The van der Waals surface area contributed by atoms with Gasteiger partial charge in [0.25, 0.3) is 0 Å². The summed E-state index contributed by atoms with van der Waals surface area (Å²) in [5, 5.41) is 10.6. The molecule has 19 heavy (non-hydrogen) atoms. The van der Waals surface area contributed by atoms with Gasteiger partial charge >= 0.3 is 0 Å². The van der Waals surface area contributed by atoms with Gasteiger partial charge in [0.2, 0.25) is 0 Å². The maximum absolute atomic E-state index is 10.6. The number of aliphatic hydroxyl groups excluding tert-OH is 1. The molecule has 0 fully saturated rings. The number of aliphatic hydroxyl groups is 1. The fraction of sp³-hybridized carbons (Fsp3) is 0.235. The van der Waals surface area contributed by atoms with Crippen molar-refractivity contribution in [2.75, 3.05) is 0 Å². The van der Waals surface area contributed by atoms with Gasteiger partial charge in [-0.05, 0) is 29.7 Å². The summed E-state index contributed by atoms with van der Waals surface area (Å²) in [6.45, 7) is 2.09. The minimum atomic E-state index is -0.548. The molecule has 2 nitrogen and oxygen atoms in total. The van der Waals surface area contributed by atoms with Gasteiger partial charge in [0.15, 0.2) is 0 Å². The lowest BCUT2D eigenvalue weighted by atomic mass is 9.89. The van der Waals surface area contributed by atoms with Crippen molar-refractivity contribution in [3.8, 4) is 0 Å². The molecule has 0 saturated heterocycles. The number of hydrogen-bond donors (Lipinski definition) is 1. The van der Waals surface area contributed by atoms with Crippen molar-refractivity contribution in [2.45, 2.75) is 25.4 Å². The summed E-state index contributed by atoms with van der Waals surface area (Å²) in [4.78, 5) is 3.99. The normalized spacial score (nSPS) is 14.4. The number of rotatable bonds is 5. The van der Waals surface area contributed by atoms with Crippen LogP contribution in [0.2, 0.25) is 0 Å². The average Bonchev–Trinajstić information content (AvgIpc) is 2.49. The molecule has 1 aromatic heterocycles. The van der Waals surface area contributed by atoms with Crippen LogP contribution in [0, 0.1) is 0 Å². The Morgan fingerprint density at radius 3 is 2.37 bits per heavy atom. The Labute approximate surface area is 114 Å². The minimum Gasteiger partial charge on any atom is -0.387 e. The van der Waals surface area contributed by atoms with Gasteiger partial charge in [-0.25, -0.2) is 0 Å². The molecule has 1 N–H and O–H groups in total. The van der Waals surface area contributed by atoms with Crippen LogP contribution in [0.3, 0.4) is 0 Å². The Hall–Kier alpha value is -1.93. The Balaban J connectivity index is 2.31. The molecule has 0 aliphatic carbocycles. The lowest BCUT2D eigenvalue weighted by Crippen LogP contribution is -2.09. The second-order valence-corrected chi connectivity index (χ2v) is 4.50. The van der Waals surface area contributed by atoms with E-state index < -0.39 is 6.10 Å². The van der Waals surface area contributed by atoms with Crippen molar-refractivity contribution in [3.05, 3.63) is 78.1 Å². The monoisotopic (exact) mass is 253 g/mol. The second-order valence-electron chi connectivity index (χ2n) is 4.50. The molecular weight excluding hydrogens is 234 g/mol. The first-order valence-corrected chi connectivity index (χ1v) is 6.62. The molecule has 2 heteroatoms. The fourth-order valence-corrected chi connectivity index (χ4v) is 2.12. The van der Waals surface area contributed by atoms with Crippen molar-refractivity contribution in [1.29, 1.82) is 0 Å². The van der Waals surface area contributed by atoms with Crippen LogP contribution in [0.4, 0.5) is 0 Å². The van der Waals surface area contributed by atoms with E-state index in [-0.39, 0.29) is 5.92 Å². The number of pyridine rings is 1. The highest BCUT2D eigenvalue weighted by atomic mass is 16.3. The summed E-state index contributed by atoms with van der Waals surface area (Å²) in [5.41, 5.74) is 2.01. The lowest BCUT2D eigenvalue weighted by Gasteiger charge is -2.20. The maximum Gasteiger partial charge on any atom is 0.0894 e. The van der Waals surface area contributed by atoms with E-state index in [4.69, 9.17) is 0 Å². The third kappa shape index (κ3) is 3.52. The first kappa shape index (κ1) is 13.5. The van der Waals surface area contributed by atoms with E-state index in [1.807, 2.05) is 30.3 Å². The van der Waals surface area contributed by atoms with Gasteiger partial charge in [-0.2, -0.15) is 0 Å². The summed E-state index contributed by atoms with van der Waals surface area (Å²) in [6.07, 6.45) is 8.02. The topological polar surface area (TPSA) is 33.1 Å². The Morgan fingerprint density at radius 1 is 1.05 bits per heavy atom. The van der Waals surface area contributed by atoms with Crippen LogP contribution in [-0.4, -0.2) is 10.1 Å². The lowest BCUT2D eigenvalue weighted by molar-refractivity contribution is 0.161. The van der Waals surface area contributed by atoms with Crippen molar-refractivity contribution in [3.63, 3.8) is 0 Å². The molecule has 2 rings (SSSR count). The quantitative estimate of drug-likeness (QED) is 0.821. The Bertz CT molecular complexity index is 507. The van der Waals surface area contributed by atoms with E-state index in [0.29, 0.717) is 0 Å². The summed E-state index contributed by atoms with van der Waals surface area (Å²) in [5.74, 6) is -0.0245. The molecule has 1 aromatic carbocycles. The molecule has 2 aromatic rings. The molecule has 98 valence electrons. The molecule has 2 atom stereocenters. The van der Waals surface area contributed by atoms with Crippen molar-refractivity contribution >= 4 is 0 Å². The van der Waals surface area contributed by atoms with Crippen LogP contribution in [0.25, 0.3) is 0 Å². The van der Waals surface area contributed by atoms with Crippen LogP contribution >= 0.6 is 0 Å². The Kier molecular flexibility index (Phi) is 4.87. The molecule has 0 radical (unpaired) electrons. The number of nitrogens with zero attached hydrogens (tertiary/aromatic N) is 1. The van der Waals surface area contributed by atoms with Crippen LogP contribution in [0.5, 0.6) is 0 Å². The maximum atomic E-state index is 10.6. The van der Waals surface area contributed by atoms with E-state index in [1.54, 1.807) is 12.4 Å². The minimum absolute atomic E-state index is 0.0245. The Morgan fingerprint density at radius 2 is 1.74 bits per heavy atom. The average molecular weight is 253 g/mol. The standard InChI is InChI=1S/C17H19NO/c1-2-3-9-16(14-7-5-4-6-8-14)17(19)15-10-12-18-13-11-15/h3-13,16-17,19H,2H2,1H3/b9-3-/t16-,17-/m0/s1. The van der Waals surface area contributed by atoms with Gasteiger partial charge in [0.05, 0.1) is 6.10 Å². The largest absolute Gasteiger partial charge is 0.387 e. The predicted molar refractivity (Wildman–Crippen MR) is 77.8 cm³/mol. The molecule has 0 unspecified atom stereocenters. The summed E-state index contributed by atoms with van der Waals surface area (Å²) < 4.78 is 0. The van der Waals surface area contributed by atoms with Crippen LogP contribution in [-0.2, 0) is 0 Å². The van der Waals surface area contributed by atoms with Crippen LogP contribution in [0.1, 0.15) is 36.5 Å². The third-order valence-electron chi connectivity index (χ3n) is 3.15. The highest BCUT2D eigenvalue weighted by Gasteiger charge is 2.19. The van der Waals surface area contributed by atoms with Gasteiger partial charge in [0.1, 0.15) is 0 Å². The molecule has 0 bridgehead atoms. The first-order valence-electron chi connectivity index (χ1n) is 6.62. The highest BCUT2D eigenvalue weighted by molar-refractivity contribution is 5.29. The fourth-order valence-electron chi connectivity index (χ4n) is 2.12. The number of aromatic nitrogens is 1. The van der Waals surface area contributed by atoms with Gasteiger partial charge < -0.3 is 5.11 Å². The van der Waals surface area contributed by atoms with Gasteiger partial charge in [-0.15, -0.1) is 0 Å². The van der Waals surface area contributed by atoms with E-state index in [1.165, 1.54) is 0 Å². The molecule has 0 saturated carbocycles. The molecule has 1 heterocycles. The van der Waals surface area contributed by atoms with Crippen LogP contribution in [0.15, 0.2) is 67.0 Å². The molecule has 0 aliphatic heterocycles. The SMILES string of the molecule is CC/C=C\[C@@H](c1ccccc1)[C@@H](O)c1ccncc1. The molecule has 0 aliphatic rings. The summed E-state index contributed by atoms with van der Waals surface area (Å²) >= 11 is 0. The van der Waals surface area contributed by atoms with E-state index in [0.717, 1.165) is 17.5 Å². The predicted octanol–water partition coefficient (Wildman–Crippen LogP) is 3.87. The second kappa shape index (κ2) is 6.86.